The van der Waals surface area contributed by atoms with Crippen LogP contribution in [0.2, 0.25) is 5.02 Å². The van der Waals surface area contributed by atoms with E-state index < -0.39 is 11.7 Å². The fourth-order valence-corrected chi connectivity index (χ4v) is 2.27. The summed E-state index contributed by atoms with van der Waals surface area (Å²) >= 11 is 5.92. The highest BCUT2D eigenvalue weighted by Crippen LogP contribution is 2.23. The second-order valence-corrected chi connectivity index (χ2v) is 4.93. The molecule has 20 heavy (non-hydrogen) atoms. The summed E-state index contributed by atoms with van der Waals surface area (Å²) in [7, 11) is 0. The van der Waals surface area contributed by atoms with Crippen LogP contribution in [0.3, 0.4) is 0 Å². The van der Waals surface area contributed by atoms with E-state index in [-0.39, 0.29) is 5.78 Å². The third-order valence-corrected chi connectivity index (χ3v) is 3.14. The molecule has 0 saturated carbocycles. The first kappa shape index (κ1) is 14.2. The van der Waals surface area contributed by atoms with E-state index in [0.29, 0.717) is 16.1 Å². The van der Waals surface area contributed by atoms with Crippen LogP contribution < -0.4 is 0 Å². The van der Waals surface area contributed by atoms with E-state index >= 15 is 0 Å². The van der Waals surface area contributed by atoms with Crippen LogP contribution in [0.5, 0.6) is 0 Å². The van der Waals surface area contributed by atoms with E-state index in [1.54, 1.807) is 12.1 Å². The van der Waals surface area contributed by atoms with Crippen LogP contribution in [0, 0.1) is 24.1 Å². The average Bonchev–Trinajstić information content (AvgIpc) is 2.40. The maximum Gasteiger partial charge on any atom is 0.184 e. The van der Waals surface area contributed by atoms with Gasteiger partial charge >= 0.3 is 0 Å². The number of rotatable bonds is 3. The van der Waals surface area contributed by atoms with Gasteiger partial charge in [0.15, 0.2) is 5.78 Å². The third kappa shape index (κ3) is 3.04. The number of ketones is 1. The fraction of sp³-hybridized carbons (Fsp3) is 0.125. The van der Waals surface area contributed by atoms with Crippen LogP contribution in [0.15, 0.2) is 42.5 Å². The van der Waals surface area contributed by atoms with Crippen molar-refractivity contribution in [1.82, 2.24) is 0 Å². The van der Waals surface area contributed by atoms with Gasteiger partial charge in [0.1, 0.15) is 11.7 Å². The summed E-state index contributed by atoms with van der Waals surface area (Å²) in [6.45, 7) is 1.82. The zero-order chi connectivity index (χ0) is 14.7. The summed E-state index contributed by atoms with van der Waals surface area (Å²) in [4.78, 5) is 12.4. The molecule has 0 aliphatic heterocycles. The van der Waals surface area contributed by atoms with Gasteiger partial charge in [-0.1, -0.05) is 23.7 Å². The molecule has 2 aromatic carbocycles. The molecule has 1 unspecified atom stereocenters. The van der Waals surface area contributed by atoms with Crippen LogP contribution in [0.25, 0.3) is 0 Å². The molecule has 0 amide bonds. The van der Waals surface area contributed by atoms with Gasteiger partial charge in [0.25, 0.3) is 0 Å². The first-order valence-corrected chi connectivity index (χ1v) is 6.35. The molecule has 4 heteroatoms. The van der Waals surface area contributed by atoms with Crippen molar-refractivity contribution in [2.75, 3.05) is 0 Å². The summed E-state index contributed by atoms with van der Waals surface area (Å²) in [6, 6.07) is 12.3. The molecule has 2 nitrogen and oxygen atoms in total. The van der Waals surface area contributed by atoms with Gasteiger partial charge < -0.3 is 0 Å². The Morgan fingerprint density at radius 3 is 2.45 bits per heavy atom. The van der Waals surface area contributed by atoms with Crippen LogP contribution in [-0.2, 0) is 0 Å². The predicted octanol–water partition coefficient (Wildman–Crippen LogP) is 4.28. The molecule has 100 valence electrons. The SMILES string of the molecule is Cc1cc(Cl)cc(C(=O)C(C#N)c2ccc(F)cc2)c1. The third-order valence-electron chi connectivity index (χ3n) is 2.92. The lowest BCUT2D eigenvalue weighted by Gasteiger charge is -2.09. The molecular formula is C16H11ClFNO. The number of nitriles is 1. The van der Waals surface area contributed by atoms with E-state index in [2.05, 4.69) is 0 Å². The minimum Gasteiger partial charge on any atom is -0.292 e. The summed E-state index contributed by atoms with van der Waals surface area (Å²) in [5.41, 5.74) is 1.69. The maximum absolute atomic E-state index is 12.9. The Hall–Kier alpha value is -2.18. The molecule has 2 rings (SSSR count). The predicted molar refractivity (Wildman–Crippen MR) is 75.3 cm³/mol. The number of Topliss-reactive ketones (excluding diaryl/α,β-unsaturated/α-hetero) is 1. The Bertz CT molecular complexity index is 668. The zero-order valence-electron chi connectivity index (χ0n) is 10.7. The van der Waals surface area contributed by atoms with Gasteiger partial charge in [0.05, 0.1) is 6.07 Å². The quantitative estimate of drug-likeness (QED) is 0.791. The normalized spacial score (nSPS) is 11.7. The second kappa shape index (κ2) is 5.85. The Balaban J connectivity index is 2.39. The van der Waals surface area contributed by atoms with E-state index in [0.717, 1.165) is 5.56 Å². The molecule has 0 aliphatic rings. The van der Waals surface area contributed by atoms with Crippen LogP contribution in [0.4, 0.5) is 4.39 Å². The van der Waals surface area contributed by atoms with Gasteiger partial charge in [-0.15, -0.1) is 0 Å². The highest BCUT2D eigenvalue weighted by atomic mass is 35.5. The lowest BCUT2D eigenvalue weighted by molar-refractivity contribution is 0.0978. The molecule has 0 N–H and O–H groups in total. The highest BCUT2D eigenvalue weighted by molar-refractivity contribution is 6.31. The number of carbonyl (C=O) groups excluding carboxylic acids is 1. The highest BCUT2D eigenvalue weighted by Gasteiger charge is 2.22. The van der Waals surface area contributed by atoms with Crippen LogP contribution in [0.1, 0.15) is 27.4 Å². The fourth-order valence-electron chi connectivity index (χ4n) is 1.99. The topological polar surface area (TPSA) is 40.9 Å². The van der Waals surface area contributed by atoms with Gasteiger partial charge in [-0.25, -0.2) is 4.39 Å². The van der Waals surface area contributed by atoms with Crippen LogP contribution in [-0.4, -0.2) is 5.78 Å². The van der Waals surface area contributed by atoms with E-state index in [4.69, 9.17) is 11.6 Å². The lowest BCUT2D eigenvalue weighted by atomic mass is 9.91. The lowest BCUT2D eigenvalue weighted by Crippen LogP contribution is -2.11. The average molecular weight is 288 g/mol. The molecule has 0 aliphatic carbocycles. The van der Waals surface area contributed by atoms with Gasteiger partial charge in [-0.3, -0.25) is 4.79 Å². The number of carbonyl (C=O) groups is 1. The molecule has 0 aromatic heterocycles. The number of benzene rings is 2. The summed E-state index contributed by atoms with van der Waals surface area (Å²) in [6.07, 6.45) is 0. The number of aryl methyl sites for hydroxylation is 1. The number of nitrogens with zero attached hydrogens (tertiary/aromatic N) is 1. The van der Waals surface area contributed by atoms with Crippen molar-refractivity contribution < 1.29 is 9.18 Å². The first-order valence-electron chi connectivity index (χ1n) is 5.98. The molecular weight excluding hydrogens is 277 g/mol. The van der Waals surface area contributed by atoms with Crippen LogP contribution >= 0.6 is 11.6 Å². The van der Waals surface area contributed by atoms with E-state index in [1.165, 1.54) is 30.3 Å². The van der Waals surface area contributed by atoms with Gasteiger partial charge in [-0.05, 0) is 48.4 Å². The molecule has 0 saturated heterocycles. The van der Waals surface area contributed by atoms with Crippen molar-refractivity contribution in [3.8, 4) is 6.07 Å². The maximum atomic E-state index is 12.9. The summed E-state index contributed by atoms with van der Waals surface area (Å²) in [5.74, 6) is -1.71. The smallest absolute Gasteiger partial charge is 0.184 e. The van der Waals surface area contributed by atoms with E-state index in [9.17, 15) is 14.4 Å². The van der Waals surface area contributed by atoms with Crippen molar-refractivity contribution in [1.29, 1.82) is 5.26 Å². The van der Waals surface area contributed by atoms with Gasteiger partial charge in [0.2, 0.25) is 0 Å². The van der Waals surface area contributed by atoms with Gasteiger partial charge in [0, 0.05) is 10.6 Å². The van der Waals surface area contributed by atoms with Gasteiger partial charge in [-0.2, -0.15) is 5.26 Å². The monoisotopic (exact) mass is 287 g/mol. The Morgan fingerprint density at radius 2 is 1.90 bits per heavy atom. The van der Waals surface area contributed by atoms with Crippen molar-refractivity contribution in [3.63, 3.8) is 0 Å². The van der Waals surface area contributed by atoms with Crippen molar-refractivity contribution >= 4 is 17.4 Å². The molecule has 0 bridgehead atoms. The van der Waals surface area contributed by atoms with E-state index in [1.807, 2.05) is 13.0 Å². The minimum absolute atomic E-state index is 0.343. The molecule has 0 radical (unpaired) electrons. The Morgan fingerprint density at radius 1 is 1.25 bits per heavy atom. The summed E-state index contributed by atoms with van der Waals surface area (Å²) < 4.78 is 12.9. The largest absolute Gasteiger partial charge is 0.292 e. The Labute approximate surface area is 121 Å². The Kier molecular flexibility index (Phi) is 4.16. The van der Waals surface area contributed by atoms with Crippen molar-refractivity contribution in [2.45, 2.75) is 12.8 Å². The molecule has 0 spiro atoms. The number of hydrogen-bond donors (Lipinski definition) is 0. The summed E-state index contributed by atoms with van der Waals surface area (Å²) in [5, 5.41) is 9.67. The molecule has 0 heterocycles. The van der Waals surface area contributed by atoms with Crippen molar-refractivity contribution in [3.05, 3.63) is 70.0 Å². The standard InChI is InChI=1S/C16H11ClFNO/c1-10-6-12(8-13(17)7-10)16(20)15(9-19)11-2-4-14(18)5-3-11/h2-8,15H,1H3. The minimum atomic E-state index is -0.964. The molecule has 2 aromatic rings. The first-order chi connectivity index (χ1) is 9.51. The molecule has 0 fully saturated rings. The molecule has 1 atom stereocenters. The van der Waals surface area contributed by atoms with Crippen molar-refractivity contribution in [2.24, 2.45) is 0 Å². The number of hydrogen-bond acceptors (Lipinski definition) is 2. The number of halogens is 2. The second-order valence-electron chi connectivity index (χ2n) is 4.50. The zero-order valence-corrected chi connectivity index (χ0v) is 11.5.